The summed E-state index contributed by atoms with van der Waals surface area (Å²) in [7, 11) is 0. The fourth-order valence-corrected chi connectivity index (χ4v) is 3.49. The number of aromatic nitrogens is 2. The summed E-state index contributed by atoms with van der Waals surface area (Å²) in [5, 5.41) is 13.1. The first-order chi connectivity index (χ1) is 14.1. The minimum absolute atomic E-state index is 0.0595. The van der Waals surface area contributed by atoms with Crippen LogP contribution in [0.3, 0.4) is 0 Å². The molecule has 0 spiro atoms. The Morgan fingerprint density at radius 2 is 1.62 bits per heavy atom. The normalized spacial score (nSPS) is 14.6. The summed E-state index contributed by atoms with van der Waals surface area (Å²) in [6, 6.07) is 16.0. The summed E-state index contributed by atoms with van der Waals surface area (Å²) in [5.41, 5.74) is 0.628. The molecule has 3 amide bonds. The lowest BCUT2D eigenvalue weighted by molar-refractivity contribution is 0.0915. The Bertz CT molecular complexity index is 1090. The van der Waals surface area contributed by atoms with Crippen LogP contribution in [0.5, 0.6) is 0 Å². The van der Waals surface area contributed by atoms with Crippen LogP contribution >= 0.6 is 0 Å². The Morgan fingerprint density at radius 1 is 0.966 bits per heavy atom. The highest BCUT2D eigenvalue weighted by Crippen LogP contribution is 2.16. The van der Waals surface area contributed by atoms with E-state index >= 15 is 0 Å². The number of nitrogens with one attached hydrogen (secondary N) is 3. The van der Waals surface area contributed by atoms with Crippen LogP contribution in [-0.4, -0.2) is 46.2 Å². The van der Waals surface area contributed by atoms with Crippen molar-refractivity contribution in [1.82, 2.24) is 20.4 Å². The van der Waals surface area contributed by atoms with Crippen molar-refractivity contribution in [1.29, 1.82) is 0 Å². The Hall–Kier alpha value is -3.68. The molecule has 1 saturated heterocycles. The third-order valence-corrected chi connectivity index (χ3v) is 5.05. The van der Waals surface area contributed by atoms with Crippen molar-refractivity contribution < 1.29 is 9.59 Å². The first kappa shape index (κ1) is 18.7. The standard InChI is InChI=1S/C21H21N5O3/c27-19-17-9-5-4-8-16(17)18(24-25-19)20(28)22-15-10-12-26(13-11-15)21(29)23-14-6-2-1-3-7-14/h1-9,15H,10-13H2,(H,22,28)(H,23,29)(H,25,27). The fraction of sp³-hybridized carbons (Fsp3) is 0.238. The smallest absolute Gasteiger partial charge is 0.321 e. The van der Waals surface area contributed by atoms with E-state index in [1.807, 2.05) is 30.3 Å². The molecule has 2 aromatic carbocycles. The highest BCUT2D eigenvalue weighted by atomic mass is 16.2. The van der Waals surface area contributed by atoms with Crippen molar-refractivity contribution in [3.05, 3.63) is 70.6 Å². The summed E-state index contributed by atoms with van der Waals surface area (Å²) >= 11 is 0. The second-order valence-corrected chi connectivity index (χ2v) is 6.98. The molecule has 0 radical (unpaired) electrons. The SMILES string of the molecule is O=C(NC1CCN(C(=O)Nc2ccccc2)CC1)c1n[nH]c(=O)c2ccccc12. The van der Waals surface area contributed by atoms with Gasteiger partial charge in [0.05, 0.1) is 5.39 Å². The third-order valence-electron chi connectivity index (χ3n) is 5.05. The van der Waals surface area contributed by atoms with E-state index in [-0.39, 0.29) is 29.2 Å². The minimum Gasteiger partial charge on any atom is -0.348 e. The van der Waals surface area contributed by atoms with Gasteiger partial charge in [-0.1, -0.05) is 36.4 Å². The lowest BCUT2D eigenvalue weighted by Gasteiger charge is -2.32. The molecule has 0 atom stereocenters. The minimum atomic E-state index is -0.329. The zero-order valence-electron chi connectivity index (χ0n) is 15.7. The predicted molar refractivity (Wildman–Crippen MR) is 110 cm³/mol. The van der Waals surface area contributed by atoms with E-state index in [9.17, 15) is 14.4 Å². The molecule has 1 aromatic heterocycles. The van der Waals surface area contributed by atoms with E-state index < -0.39 is 0 Å². The maximum absolute atomic E-state index is 12.7. The number of amides is 3. The zero-order chi connectivity index (χ0) is 20.2. The van der Waals surface area contributed by atoms with E-state index in [1.54, 1.807) is 29.2 Å². The van der Waals surface area contributed by atoms with Crippen LogP contribution in [0.25, 0.3) is 10.8 Å². The molecule has 3 N–H and O–H groups in total. The maximum atomic E-state index is 12.7. The molecular formula is C21H21N5O3. The number of carbonyl (C=O) groups excluding carboxylic acids is 2. The number of hydrogen-bond donors (Lipinski definition) is 3. The van der Waals surface area contributed by atoms with E-state index in [1.165, 1.54) is 0 Å². The predicted octanol–water partition coefficient (Wildman–Crippen LogP) is 2.35. The number of nitrogens with zero attached hydrogens (tertiary/aromatic N) is 2. The number of urea groups is 1. The van der Waals surface area contributed by atoms with Crippen molar-refractivity contribution in [2.45, 2.75) is 18.9 Å². The molecule has 8 nitrogen and oxygen atoms in total. The summed E-state index contributed by atoms with van der Waals surface area (Å²) in [6.07, 6.45) is 1.30. The number of aromatic amines is 1. The number of likely N-dealkylation sites (tertiary alicyclic amines) is 1. The van der Waals surface area contributed by atoms with Crippen molar-refractivity contribution in [3.63, 3.8) is 0 Å². The first-order valence-corrected chi connectivity index (χ1v) is 9.51. The summed E-state index contributed by atoms with van der Waals surface area (Å²) in [6.45, 7) is 1.09. The van der Waals surface area contributed by atoms with Gasteiger partial charge in [0.1, 0.15) is 0 Å². The number of para-hydroxylation sites is 1. The van der Waals surface area contributed by atoms with Gasteiger partial charge in [-0.15, -0.1) is 0 Å². The molecule has 1 aliphatic heterocycles. The highest BCUT2D eigenvalue weighted by Gasteiger charge is 2.25. The number of carbonyl (C=O) groups is 2. The van der Waals surface area contributed by atoms with Crippen LogP contribution in [-0.2, 0) is 0 Å². The lowest BCUT2D eigenvalue weighted by atomic mass is 10.0. The van der Waals surface area contributed by atoms with Gasteiger partial charge in [-0.25, -0.2) is 9.89 Å². The molecule has 0 aliphatic carbocycles. The third kappa shape index (κ3) is 4.11. The Morgan fingerprint density at radius 3 is 2.34 bits per heavy atom. The van der Waals surface area contributed by atoms with Gasteiger partial charge < -0.3 is 15.5 Å². The molecule has 0 unspecified atom stereocenters. The van der Waals surface area contributed by atoms with E-state index in [0.29, 0.717) is 36.7 Å². The van der Waals surface area contributed by atoms with Crippen LogP contribution in [0.4, 0.5) is 10.5 Å². The molecule has 1 fully saturated rings. The van der Waals surface area contributed by atoms with Crippen LogP contribution in [0.1, 0.15) is 23.3 Å². The Labute approximate surface area is 166 Å². The molecule has 29 heavy (non-hydrogen) atoms. The molecule has 8 heteroatoms. The van der Waals surface area contributed by atoms with E-state index in [4.69, 9.17) is 0 Å². The Kier molecular flexibility index (Phi) is 5.24. The average molecular weight is 391 g/mol. The summed E-state index contributed by atoms with van der Waals surface area (Å²) in [5.74, 6) is -0.329. The largest absolute Gasteiger partial charge is 0.348 e. The molecule has 0 saturated carbocycles. The van der Waals surface area contributed by atoms with E-state index in [0.717, 1.165) is 5.69 Å². The number of piperidine rings is 1. The second kappa shape index (κ2) is 8.14. The van der Waals surface area contributed by atoms with Gasteiger partial charge in [-0.05, 0) is 31.0 Å². The van der Waals surface area contributed by atoms with Gasteiger partial charge in [0.2, 0.25) is 0 Å². The number of hydrogen-bond acceptors (Lipinski definition) is 4. The topological polar surface area (TPSA) is 107 Å². The Balaban J connectivity index is 1.36. The number of benzene rings is 2. The first-order valence-electron chi connectivity index (χ1n) is 9.51. The number of anilines is 1. The lowest BCUT2D eigenvalue weighted by Crippen LogP contribution is -2.48. The molecular weight excluding hydrogens is 370 g/mol. The van der Waals surface area contributed by atoms with Crippen molar-refractivity contribution in [3.8, 4) is 0 Å². The van der Waals surface area contributed by atoms with Crippen molar-refractivity contribution in [2.24, 2.45) is 0 Å². The molecule has 1 aliphatic rings. The average Bonchev–Trinajstić information content (AvgIpc) is 2.75. The van der Waals surface area contributed by atoms with Crippen LogP contribution in [0, 0.1) is 0 Å². The van der Waals surface area contributed by atoms with Crippen LogP contribution in [0.2, 0.25) is 0 Å². The summed E-state index contributed by atoms with van der Waals surface area (Å²) < 4.78 is 0. The van der Waals surface area contributed by atoms with Gasteiger partial charge in [0.25, 0.3) is 11.5 Å². The zero-order valence-corrected chi connectivity index (χ0v) is 15.7. The monoisotopic (exact) mass is 391 g/mol. The van der Waals surface area contributed by atoms with Crippen molar-refractivity contribution in [2.75, 3.05) is 18.4 Å². The van der Waals surface area contributed by atoms with Gasteiger partial charge in [-0.2, -0.15) is 5.10 Å². The van der Waals surface area contributed by atoms with E-state index in [2.05, 4.69) is 20.8 Å². The van der Waals surface area contributed by atoms with Crippen LogP contribution < -0.4 is 16.2 Å². The fourth-order valence-electron chi connectivity index (χ4n) is 3.49. The van der Waals surface area contributed by atoms with Crippen LogP contribution in [0.15, 0.2) is 59.4 Å². The maximum Gasteiger partial charge on any atom is 0.321 e. The summed E-state index contributed by atoms with van der Waals surface area (Å²) in [4.78, 5) is 38.7. The number of fused-ring (bicyclic) bond motifs is 1. The van der Waals surface area contributed by atoms with Crippen molar-refractivity contribution >= 4 is 28.4 Å². The molecule has 0 bridgehead atoms. The van der Waals surface area contributed by atoms with Gasteiger partial charge in [0, 0.05) is 30.2 Å². The molecule has 4 rings (SSSR count). The van der Waals surface area contributed by atoms with Gasteiger partial charge >= 0.3 is 6.03 Å². The quantitative estimate of drug-likeness (QED) is 0.637. The highest BCUT2D eigenvalue weighted by molar-refractivity contribution is 6.04. The van der Waals surface area contributed by atoms with Gasteiger partial charge in [-0.3, -0.25) is 9.59 Å². The second-order valence-electron chi connectivity index (χ2n) is 6.98. The number of H-pyrrole nitrogens is 1. The molecule has 148 valence electrons. The number of rotatable bonds is 3. The van der Waals surface area contributed by atoms with Gasteiger partial charge in [0.15, 0.2) is 5.69 Å². The molecule has 3 aromatic rings. The molecule has 2 heterocycles.